The maximum absolute atomic E-state index is 13.3. The molecule has 4 rings (SSSR count). The van der Waals surface area contributed by atoms with Crippen molar-refractivity contribution in [2.45, 2.75) is 33.4 Å². The fourth-order valence-corrected chi connectivity index (χ4v) is 5.10. The Morgan fingerprint density at radius 2 is 1.39 bits per heavy atom. The minimum Gasteiger partial charge on any atom is -0.339 e. The van der Waals surface area contributed by atoms with Gasteiger partial charge >= 0.3 is 0 Å². The molecule has 7 heteroatoms. The van der Waals surface area contributed by atoms with E-state index in [1.807, 2.05) is 55.1 Å². The van der Waals surface area contributed by atoms with Gasteiger partial charge in [0, 0.05) is 64.0 Å². The van der Waals surface area contributed by atoms with Crippen molar-refractivity contribution in [1.82, 2.24) is 14.7 Å². The smallest absolute Gasteiger partial charge is 0.253 e. The molecule has 0 unspecified atom stereocenters. The van der Waals surface area contributed by atoms with Gasteiger partial charge in [0.2, 0.25) is 5.91 Å². The van der Waals surface area contributed by atoms with Gasteiger partial charge in [-0.3, -0.25) is 19.4 Å². The van der Waals surface area contributed by atoms with Crippen molar-refractivity contribution >= 4 is 17.5 Å². The molecule has 3 aromatic carbocycles. The highest BCUT2D eigenvalue weighted by Gasteiger charge is 2.27. The second-order valence-electron chi connectivity index (χ2n) is 9.74. The normalized spacial score (nSPS) is 15.2. The maximum Gasteiger partial charge on any atom is 0.253 e. The second-order valence-corrected chi connectivity index (χ2v) is 9.74. The molecule has 1 aliphatic heterocycles. The highest BCUT2D eigenvalue weighted by Crippen LogP contribution is 2.31. The van der Waals surface area contributed by atoms with Gasteiger partial charge in [-0.15, -0.1) is 0 Å². The molecule has 0 spiro atoms. The van der Waals surface area contributed by atoms with Gasteiger partial charge in [0.05, 0.1) is 6.04 Å². The maximum atomic E-state index is 13.3. The lowest BCUT2D eigenvalue weighted by atomic mass is 9.95. The van der Waals surface area contributed by atoms with Crippen LogP contribution < -0.4 is 5.32 Å². The Morgan fingerprint density at radius 1 is 0.842 bits per heavy atom. The van der Waals surface area contributed by atoms with Crippen LogP contribution in [0.1, 0.15) is 53.9 Å². The lowest BCUT2D eigenvalue weighted by Crippen LogP contribution is -2.47. The monoisotopic (exact) mass is 516 g/mol. The molecule has 1 heterocycles. The zero-order chi connectivity index (χ0) is 27.1. The topological polar surface area (TPSA) is 55.9 Å². The first kappa shape index (κ1) is 27.5. The average molecular weight is 517 g/mol. The number of hydrogen-bond donors (Lipinski definition) is 1. The van der Waals surface area contributed by atoms with Crippen molar-refractivity contribution in [2.75, 3.05) is 44.6 Å². The fraction of sp³-hybridized carbons (Fsp3) is 0.355. The van der Waals surface area contributed by atoms with E-state index in [-0.39, 0.29) is 23.7 Å². The molecule has 2 amide bonds. The summed E-state index contributed by atoms with van der Waals surface area (Å²) >= 11 is 0. The first-order valence-corrected chi connectivity index (χ1v) is 13.4. The summed E-state index contributed by atoms with van der Waals surface area (Å²) in [6.07, 6.45) is 0. The van der Waals surface area contributed by atoms with E-state index < -0.39 is 0 Å². The number of benzene rings is 3. The van der Waals surface area contributed by atoms with Gasteiger partial charge in [-0.25, -0.2) is 4.39 Å². The molecule has 1 atom stereocenters. The van der Waals surface area contributed by atoms with Crippen molar-refractivity contribution in [3.63, 3.8) is 0 Å². The molecule has 0 bridgehead atoms. The number of amides is 2. The lowest BCUT2D eigenvalue weighted by Gasteiger charge is -2.40. The van der Waals surface area contributed by atoms with E-state index in [1.54, 1.807) is 0 Å². The van der Waals surface area contributed by atoms with Gasteiger partial charge in [-0.05, 0) is 66.9 Å². The summed E-state index contributed by atoms with van der Waals surface area (Å²) in [5, 5.41) is 2.84. The molecular formula is C31H37FN4O2. The number of anilines is 1. The number of rotatable bonds is 9. The largest absolute Gasteiger partial charge is 0.339 e. The van der Waals surface area contributed by atoms with Crippen molar-refractivity contribution < 1.29 is 14.0 Å². The lowest BCUT2D eigenvalue weighted by molar-refractivity contribution is -0.114. The predicted molar refractivity (Wildman–Crippen MR) is 150 cm³/mol. The standard InChI is InChI=1S/C31H37FN4O2/c1-4-35(5-2)31(38)27-10-8-25(9-11-27)30(26-12-16-29(17-13-26)33-23(3)37)36-20-18-34(19-21-36)22-24-6-14-28(32)15-7-24/h6-17,30H,4-5,18-22H2,1-3H3,(H,33,37)/t30-/m0/s1. The molecule has 38 heavy (non-hydrogen) atoms. The van der Waals surface area contributed by atoms with Crippen LogP contribution in [0.3, 0.4) is 0 Å². The highest BCUT2D eigenvalue weighted by molar-refractivity contribution is 5.94. The van der Waals surface area contributed by atoms with Crippen molar-refractivity contribution in [1.29, 1.82) is 0 Å². The van der Waals surface area contributed by atoms with Crippen LogP contribution in [0.15, 0.2) is 72.8 Å². The Kier molecular flexibility index (Phi) is 9.26. The number of halogens is 1. The highest BCUT2D eigenvalue weighted by atomic mass is 19.1. The molecule has 0 radical (unpaired) electrons. The molecule has 3 aromatic rings. The van der Waals surface area contributed by atoms with Crippen LogP contribution in [0.4, 0.5) is 10.1 Å². The van der Waals surface area contributed by atoms with E-state index in [9.17, 15) is 14.0 Å². The summed E-state index contributed by atoms with van der Waals surface area (Å²) in [4.78, 5) is 31.0. The minimum absolute atomic E-state index is 0.0203. The Bertz CT molecular complexity index is 1200. The van der Waals surface area contributed by atoms with Crippen LogP contribution in [0.25, 0.3) is 0 Å². The number of piperazine rings is 1. The van der Waals surface area contributed by atoms with Crippen molar-refractivity contribution in [3.05, 3.63) is 101 Å². The van der Waals surface area contributed by atoms with E-state index in [1.165, 1.54) is 19.1 Å². The third kappa shape index (κ3) is 6.85. The van der Waals surface area contributed by atoms with Crippen molar-refractivity contribution in [2.24, 2.45) is 0 Å². The van der Waals surface area contributed by atoms with Crippen molar-refractivity contribution in [3.8, 4) is 0 Å². The third-order valence-corrected chi connectivity index (χ3v) is 7.16. The first-order chi connectivity index (χ1) is 18.4. The Labute approximate surface area is 225 Å². The fourth-order valence-electron chi connectivity index (χ4n) is 5.10. The summed E-state index contributed by atoms with van der Waals surface area (Å²) in [6, 6.07) is 22.7. The van der Waals surface area contributed by atoms with Crippen LogP contribution in [-0.4, -0.2) is 65.8 Å². The molecule has 200 valence electrons. The quantitative estimate of drug-likeness (QED) is 0.426. The summed E-state index contributed by atoms with van der Waals surface area (Å²) in [5.41, 5.74) is 4.83. The van der Waals surface area contributed by atoms with E-state index in [0.29, 0.717) is 18.7 Å². The van der Waals surface area contributed by atoms with Gasteiger partial charge in [0.25, 0.3) is 5.91 Å². The molecule has 0 aliphatic carbocycles. The van der Waals surface area contributed by atoms with E-state index in [2.05, 4.69) is 39.4 Å². The number of carbonyl (C=O) groups is 2. The van der Waals surface area contributed by atoms with Crippen LogP contribution in [-0.2, 0) is 11.3 Å². The van der Waals surface area contributed by atoms with Crippen LogP contribution >= 0.6 is 0 Å². The average Bonchev–Trinajstić information content (AvgIpc) is 2.93. The molecule has 0 aromatic heterocycles. The second kappa shape index (κ2) is 12.8. The van der Waals surface area contributed by atoms with E-state index >= 15 is 0 Å². The Hall–Kier alpha value is -3.55. The molecule has 1 aliphatic rings. The van der Waals surface area contributed by atoms with Gasteiger partial charge in [-0.1, -0.05) is 36.4 Å². The van der Waals surface area contributed by atoms with Crippen LogP contribution in [0.2, 0.25) is 0 Å². The number of carbonyl (C=O) groups excluding carboxylic acids is 2. The summed E-state index contributed by atoms with van der Waals surface area (Å²) in [7, 11) is 0. The van der Waals surface area contributed by atoms with Gasteiger partial charge < -0.3 is 10.2 Å². The van der Waals surface area contributed by atoms with Gasteiger partial charge in [0.1, 0.15) is 5.82 Å². The Morgan fingerprint density at radius 3 is 1.92 bits per heavy atom. The summed E-state index contributed by atoms with van der Waals surface area (Å²) in [6.45, 7) is 11.2. The predicted octanol–water partition coefficient (Wildman–Crippen LogP) is 5.17. The van der Waals surface area contributed by atoms with Crippen LogP contribution in [0.5, 0.6) is 0 Å². The SMILES string of the molecule is CCN(CC)C(=O)c1ccc([C@@H](c2ccc(NC(C)=O)cc2)N2CCN(Cc3ccc(F)cc3)CC2)cc1. The molecule has 6 nitrogen and oxygen atoms in total. The molecule has 0 saturated carbocycles. The number of nitrogens with zero attached hydrogens (tertiary/aromatic N) is 3. The third-order valence-electron chi connectivity index (χ3n) is 7.16. The molecule has 1 saturated heterocycles. The molecular weight excluding hydrogens is 479 g/mol. The number of nitrogens with one attached hydrogen (secondary N) is 1. The van der Waals surface area contributed by atoms with Gasteiger partial charge in [0.15, 0.2) is 0 Å². The summed E-state index contributed by atoms with van der Waals surface area (Å²) in [5.74, 6) is -0.261. The Balaban J connectivity index is 1.54. The van der Waals surface area contributed by atoms with E-state index in [0.717, 1.165) is 55.1 Å². The van der Waals surface area contributed by atoms with Crippen LogP contribution in [0, 0.1) is 5.82 Å². The van der Waals surface area contributed by atoms with Gasteiger partial charge in [-0.2, -0.15) is 0 Å². The zero-order valence-corrected chi connectivity index (χ0v) is 22.5. The first-order valence-electron chi connectivity index (χ1n) is 13.4. The molecule has 1 fully saturated rings. The molecule has 1 N–H and O–H groups in total. The minimum atomic E-state index is -0.212. The summed E-state index contributed by atoms with van der Waals surface area (Å²) < 4.78 is 13.3. The van der Waals surface area contributed by atoms with E-state index in [4.69, 9.17) is 0 Å². The zero-order valence-electron chi connectivity index (χ0n) is 22.5. The number of hydrogen-bond acceptors (Lipinski definition) is 4.